The Hall–Kier alpha value is -0.0200. The van der Waals surface area contributed by atoms with Crippen LogP contribution in [-0.4, -0.2) is 31.4 Å². The van der Waals surface area contributed by atoms with Crippen LogP contribution in [0.5, 0.6) is 0 Å². The van der Waals surface area contributed by atoms with Gasteiger partial charge in [-0.25, -0.2) is 0 Å². The zero-order valence-corrected chi connectivity index (χ0v) is 6.70. The van der Waals surface area contributed by atoms with Crippen LogP contribution in [0.2, 0.25) is 0 Å². The molecule has 9 heavy (non-hydrogen) atoms. The van der Waals surface area contributed by atoms with Gasteiger partial charge in [-0.05, 0) is 25.5 Å². The fourth-order valence-corrected chi connectivity index (χ4v) is 1.01. The van der Waals surface area contributed by atoms with E-state index in [1.807, 2.05) is 6.26 Å². The molecule has 0 heterocycles. The van der Waals surface area contributed by atoms with Crippen molar-refractivity contribution in [3.05, 3.63) is 0 Å². The number of hydrogen-bond acceptors (Lipinski definition) is 3. The van der Waals surface area contributed by atoms with Crippen LogP contribution < -0.4 is 5.32 Å². The molecule has 0 aliphatic carbocycles. The Kier molecular flexibility index (Phi) is 6.09. The Labute approximate surface area is 60.4 Å². The lowest BCUT2D eigenvalue weighted by Gasteiger charge is -2.05. The molecule has 0 aliphatic heterocycles. The van der Waals surface area contributed by atoms with E-state index in [1.165, 1.54) is 0 Å². The molecule has 0 aromatic rings. The first kappa shape index (κ1) is 8.98. The van der Waals surface area contributed by atoms with Crippen LogP contribution in [0.3, 0.4) is 0 Å². The maximum absolute atomic E-state index is 10.2. The topological polar surface area (TPSA) is 29.1 Å². The van der Waals surface area contributed by atoms with Crippen molar-refractivity contribution in [2.24, 2.45) is 0 Å². The first-order chi connectivity index (χ1) is 4.35. The largest absolute Gasteiger partial charge is 0.311 e. The molecular formula is C6H13NOS. The highest BCUT2D eigenvalue weighted by molar-refractivity contribution is 7.98. The van der Waals surface area contributed by atoms with Crippen molar-refractivity contribution < 1.29 is 4.79 Å². The average molecular weight is 147 g/mol. The van der Waals surface area contributed by atoms with Crippen molar-refractivity contribution in [2.45, 2.75) is 12.5 Å². The third kappa shape index (κ3) is 4.48. The standard InChI is InChI=1S/C6H13NOS/c1-7-6(5-8)3-4-9-2/h5-7H,3-4H2,1-2H3/t6-/m1/s1. The summed E-state index contributed by atoms with van der Waals surface area (Å²) in [5.74, 6) is 1.05. The number of hydrogen-bond donors (Lipinski definition) is 1. The van der Waals surface area contributed by atoms with Gasteiger partial charge in [-0.3, -0.25) is 0 Å². The average Bonchev–Trinajstić information content (AvgIpc) is 1.91. The van der Waals surface area contributed by atoms with E-state index in [9.17, 15) is 4.79 Å². The molecule has 1 atom stereocenters. The van der Waals surface area contributed by atoms with E-state index in [2.05, 4.69) is 5.32 Å². The van der Waals surface area contributed by atoms with Gasteiger partial charge in [0.25, 0.3) is 0 Å². The van der Waals surface area contributed by atoms with E-state index in [-0.39, 0.29) is 6.04 Å². The van der Waals surface area contributed by atoms with Crippen LogP contribution in [0.15, 0.2) is 0 Å². The molecule has 2 nitrogen and oxygen atoms in total. The molecular weight excluding hydrogens is 134 g/mol. The van der Waals surface area contributed by atoms with Crippen LogP contribution in [0.4, 0.5) is 0 Å². The Morgan fingerprint density at radius 3 is 2.78 bits per heavy atom. The molecule has 0 fully saturated rings. The van der Waals surface area contributed by atoms with Crippen LogP contribution in [0.1, 0.15) is 6.42 Å². The minimum absolute atomic E-state index is 0.0532. The molecule has 0 aromatic carbocycles. The van der Waals surface area contributed by atoms with Crippen LogP contribution in [0, 0.1) is 0 Å². The second-order valence-corrected chi connectivity index (χ2v) is 2.80. The van der Waals surface area contributed by atoms with Gasteiger partial charge in [0.05, 0.1) is 6.04 Å². The molecule has 0 spiro atoms. The van der Waals surface area contributed by atoms with Gasteiger partial charge in [0.1, 0.15) is 6.29 Å². The normalized spacial score (nSPS) is 13.1. The van der Waals surface area contributed by atoms with Gasteiger partial charge in [0.15, 0.2) is 0 Å². The van der Waals surface area contributed by atoms with Gasteiger partial charge in [0.2, 0.25) is 0 Å². The predicted octanol–water partition coefficient (Wildman–Crippen LogP) is 0.526. The summed E-state index contributed by atoms with van der Waals surface area (Å²) in [5, 5.41) is 2.91. The number of carbonyl (C=O) groups is 1. The lowest BCUT2D eigenvalue weighted by Crippen LogP contribution is -2.26. The first-order valence-electron chi connectivity index (χ1n) is 2.96. The summed E-state index contributed by atoms with van der Waals surface area (Å²) in [6.45, 7) is 0. The number of nitrogens with one attached hydrogen (secondary N) is 1. The molecule has 0 aliphatic rings. The van der Waals surface area contributed by atoms with Gasteiger partial charge in [-0.1, -0.05) is 0 Å². The Bertz CT molecular complexity index is 77.5. The zero-order valence-electron chi connectivity index (χ0n) is 5.89. The highest BCUT2D eigenvalue weighted by Gasteiger charge is 2.00. The number of aldehydes is 1. The molecule has 1 N–H and O–H groups in total. The SMILES string of the molecule is CN[C@@H](C=O)CCSC. The van der Waals surface area contributed by atoms with Crippen LogP contribution >= 0.6 is 11.8 Å². The number of rotatable bonds is 5. The maximum atomic E-state index is 10.2. The summed E-state index contributed by atoms with van der Waals surface area (Å²) in [5.41, 5.74) is 0. The fourth-order valence-electron chi connectivity index (χ4n) is 0.525. The molecule has 0 radical (unpaired) electrons. The van der Waals surface area contributed by atoms with Gasteiger partial charge < -0.3 is 10.1 Å². The van der Waals surface area contributed by atoms with Crippen molar-refractivity contribution in [3.8, 4) is 0 Å². The number of carbonyl (C=O) groups excluding carboxylic acids is 1. The molecule has 3 heteroatoms. The third-order valence-corrected chi connectivity index (χ3v) is 1.81. The van der Waals surface area contributed by atoms with Crippen molar-refractivity contribution >= 4 is 18.0 Å². The Morgan fingerprint density at radius 2 is 2.44 bits per heavy atom. The minimum Gasteiger partial charge on any atom is -0.311 e. The van der Waals surface area contributed by atoms with E-state index in [0.29, 0.717) is 0 Å². The summed E-state index contributed by atoms with van der Waals surface area (Å²) in [4.78, 5) is 10.2. The highest BCUT2D eigenvalue weighted by atomic mass is 32.2. The lowest BCUT2D eigenvalue weighted by molar-refractivity contribution is -0.109. The summed E-state index contributed by atoms with van der Waals surface area (Å²) in [7, 11) is 1.80. The monoisotopic (exact) mass is 147 g/mol. The van der Waals surface area contributed by atoms with Crippen molar-refractivity contribution in [1.82, 2.24) is 5.32 Å². The minimum atomic E-state index is 0.0532. The van der Waals surface area contributed by atoms with E-state index in [4.69, 9.17) is 0 Å². The smallest absolute Gasteiger partial charge is 0.136 e. The Balaban J connectivity index is 3.20. The van der Waals surface area contributed by atoms with Gasteiger partial charge in [-0.2, -0.15) is 11.8 Å². The summed E-state index contributed by atoms with van der Waals surface area (Å²) in [6, 6.07) is 0.0532. The second kappa shape index (κ2) is 6.11. The highest BCUT2D eigenvalue weighted by Crippen LogP contribution is 1.97. The van der Waals surface area contributed by atoms with Crippen molar-refractivity contribution in [2.75, 3.05) is 19.1 Å². The maximum Gasteiger partial charge on any atom is 0.136 e. The molecule has 0 bridgehead atoms. The van der Waals surface area contributed by atoms with Crippen LogP contribution in [-0.2, 0) is 4.79 Å². The van der Waals surface area contributed by atoms with E-state index >= 15 is 0 Å². The van der Waals surface area contributed by atoms with E-state index in [1.54, 1.807) is 18.8 Å². The van der Waals surface area contributed by atoms with Gasteiger partial charge in [-0.15, -0.1) is 0 Å². The van der Waals surface area contributed by atoms with Gasteiger partial charge in [0, 0.05) is 0 Å². The van der Waals surface area contributed by atoms with Crippen LogP contribution in [0.25, 0.3) is 0 Å². The molecule has 0 amide bonds. The predicted molar refractivity (Wildman–Crippen MR) is 41.9 cm³/mol. The lowest BCUT2D eigenvalue weighted by atomic mass is 10.3. The summed E-state index contributed by atoms with van der Waals surface area (Å²) >= 11 is 1.76. The fraction of sp³-hybridized carbons (Fsp3) is 0.833. The Morgan fingerprint density at radius 1 is 1.78 bits per heavy atom. The third-order valence-electron chi connectivity index (χ3n) is 1.17. The first-order valence-corrected chi connectivity index (χ1v) is 4.36. The molecule has 0 unspecified atom stereocenters. The zero-order chi connectivity index (χ0) is 7.11. The van der Waals surface area contributed by atoms with E-state index < -0.39 is 0 Å². The quantitative estimate of drug-likeness (QED) is 0.575. The second-order valence-electron chi connectivity index (χ2n) is 1.81. The summed E-state index contributed by atoms with van der Waals surface area (Å²) < 4.78 is 0. The van der Waals surface area contributed by atoms with Gasteiger partial charge >= 0.3 is 0 Å². The molecule has 0 saturated carbocycles. The molecule has 0 aromatic heterocycles. The summed E-state index contributed by atoms with van der Waals surface area (Å²) in [6.07, 6.45) is 3.93. The van der Waals surface area contributed by atoms with Crippen molar-refractivity contribution in [1.29, 1.82) is 0 Å². The number of thioether (sulfide) groups is 1. The molecule has 0 saturated heterocycles. The molecule has 54 valence electrons. The van der Waals surface area contributed by atoms with E-state index in [0.717, 1.165) is 18.5 Å². The van der Waals surface area contributed by atoms with Crippen molar-refractivity contribution in [3.63, 3.8) is 0 Å². The number of likely N-dealkylation sites (N-methyl/N-ethyl adjacent to an activating group) is 1. The molecule has 0 rings (SSSR count).